The second-order valence-corrected chi connectivity index (χ2v) is 6.54. The molecule has 2 aromatic heterocycles. The number of ether oxygens (including phenoxy) is 1. The molecule has 0 atom stereocenters. The van der Waals surface area contributed by atoms with Gasteiger partial charge < -0.3 is 9.64 Å². The maximum absolute atomic E-state index is 5.78. The highest BCUT2D eigenvalue weighted by Gasteiger charge is 2.21. The number of hydrogen-bond acceptors (Lipinski definition) is 6. The van der Waals surface area contributed by atoms with E-state index in [9.17, 15) is 0 Å². The Kier molecular flexibility index (Phi) is 5.33. The van der Waals surface area contributed by atoms with E-state index in [1.165, 1.54) is 0 Å². The third-order valence-electron chi connectivity index (χ3n) is 4.05. The maximum atomic E-state index is 5.78. The van der Waals surface area contributed by atoms with E-state index in [1.807, 2.05) is 31.4 Å². The normalized spacial score (nSPS) is 15.7. The number of nitrogens with zero attached hydrogens (tertiary/aromatic N) is 4. The van der Waals surface area contributed by atoms with E-state index >= 15 is 0 Å². The summed E-state index contributed by atoms with van der Waals surface area (Å²) in [5.41, 5.74) is 1.03. The van der Waals surface area contributed by atoms with E-state index in [4.69, 9.17) is 4.74 Å². The molecule has 122 valence electrons. The first-order chi connectivity index (χ1) is 11.2. The van der Waals surface area contributed by atoms with Crippen molar-refractivity contribution < 1.29 is 4.74 Å². The molecule has 1 fully saturated rings. The van der Waals surface area contributed by atoms with E-state index < -0.39 is 0 Å². The van der Waals surface area contributed by atoms with Crippen LogP contribution in [-0.4, -0.2) is 40.9 Å². The topological polar surface area (TPSA) is 51.1 Å². The molecule has 5 nitrogen and oxygen atoms in total. The highest BCUT2D eigenvalue weighted by molar-refractivity contribution is 7.98. The zero-order chi connectivity index (χ0) is 16.1. The van der Waals surface area contributed by atoms with Crippen LogP contribution < -0.4 is 9.64 Å². The van der Waals surface area contributed by atoms with Gasteiger partial charge in [0, 0.05) is 37.1 Å². The third-order valence-corrected chi connectivity index (χ3v) is 4.59. The minimum atomic E-state index is 0.580. The van der Waals surface area contributed by atoms with Gasteiger partial charge in [0.1, 0.15) is 5.82 Å². The number of rotatable bonds is 5. The van der Waals surface area contributed by atoms with Crippen LogP contribution in [0, 0.1) is 12.8 Å². The minimum absolute atomic E-state index is 0.580. The van der Waals surface area contributed by atoms with E-state index in [-0.39, 0.29) is 0 Å². The van der Waals surface area contributed by atoms with Gasteiger partial charge >= 0.3 is 0 Å². The average molecular weight is 330 g/mol. The fourth-order valence-corrected chi connectivity index (χ4v) is 3.16. The summed E-state index contributed by atoms with van der Waals surface area (Å²) in [6.45, 7) is 4.79. The average Bonchev–Trinajstić information content (AvgIpc) is 2.60. The highest BCUT2D eigenvalue weighted by Crippen LogP contribution is 2.24. The summed E-state index contributed by atoms with van der Waals surface area (Å²) in [6, 6.07) is 7.83. The molecule has 3 rings (SSSR count). The second kappa shape index (κ2) is 7.64. The summed E-state index contributed by atoms with van der Waals surface area (Å²) in [7, 11) is 0. The van der Waals surface area contributed by atoms with Crippen LogP contribution in [0.15, 0.2) is 35.6 Å². The van der Waals surface area contributed by atoms with Crippen LogP contribution in [0.5, 0.6) is 5.88 Å². The predicted molar refractivity (Wildman–Crippen MR) is 93.2 cm³/mol. The van der Waals surface area contributed by atoms with Gasteiger partial charge in [0.25, 0.3) is 0 Å². The van der Waals surface area contributed by atoms with Gasteiger partial charge in [-0.3, -0.25) is 0 Å². The van der Waals surface area contributed by atoms with Gasteiger partial charge in [-0.15, -0.1) is 0 Å². The molecule has 0 unspecified atom stereocenters. The lowest BCUT2D eigenvalue weighted by Gasteiger charge is -2.32. The van der Waals surface area contributed by atoms with Gasteiger partial charge in [-0.2, -0.15) is 0 Å². The van der Waals surface area contributed by atoms with Gasteiger partial charge in [-0.25, -0.2) is 15.0 Å². The van der Waals surface area contributed by atoms with Gasteiger partial charge in [0.05, 0.1) is 6.61 Å². The van der Waals surface area contributed by atoms with Gasteiger partial charge in [0.2, 0.25) is 5.88 Å². The van der Waals surface area contributed by atoms with E-state index in [0.29, 0.717) is 11.8 Å². The molecule has 0 saturated carbocycles. The highest BCUT2D eigenvalue weighted by atomic mass is 32.2. The molecule has 0 amide bonds. The Morgan fingerprint density at radius 3 is 2.78 bits per heavy atom. The molecule has 0 radical (unpaired) electrons. The second-order valence-electron chi connectivity index (χ2n) is 5.76. The number of hydrogen-bond donors (Lipinski definition) is 0. The summed E-state index contributed by atoms with van der Waals surface area (Å²) in [6.07, 6.45) is 6.01. The van der Waals surface area contributed by atoms with Crippen molar-refractivity contribution in [3.63, 3.8) is 0 Å². The van der Waals surface area contributed by atoms with Crippen molar-refractivity contribution in [3.8, 4) is 5.88 Å². The van der Waals surface area contributed by atoms with Crippen LogP contribution in [0.25, 0.3) is 0 Å². The summed E-state index contributed by atoms with van der Waals surface area (Å²) in [5.74, 6) is 2.34. The lowest BCUT2D eigenvalue weighted by Crippen LogP contribution is -2.36. The SMILES string of the molecule is CSc1nc(C)cc(N2CCC(COc3ccccn3)CC2)n1. The van der Waals surface area contributed by atoms with Crippen LogP contribution in [0.4, 0.5) is 5.82 Å². The molecular weight excluding hydrogens is 308 g/mol. The summed E-state index contributed by atoms with van der Waals surface area (Å²) >= 11 is 1.59. The number of aryl methyl sites for hydroxylation is 1. The van der Waals surface area contributed by atoms with Gasteiger partial charge in [-0.05, 0) is 38.0 Å². The number of aromatic nitrogens is 3. The maximum Gasteiger partial charge on any atom is 0.213 e. The molecule has 0 spiro atoms. The van der Waals surface area contributed by atoms with Crippen molar-refractivity contribution in [2.75, 3.05) is 30.9 Å². The molecule has 0 N–H and O–H groups in total. The lowest BCUT2D eigenvalue weighted by molar-refractivity contribution is 0.216. The Labute approximate surface area is 141 Å². The summed E-state index contributed by atoms with van der Waals surface area (Å²) in [4.78, 5) is 15.6. The molecule has 3 heterocycles. The zero-order valence-electron chi connectivity index (χ0n) is 13.6. The monoisotopic (exact) mass is 330 g/mol. The van der Waals surface area contributed by atoms with E-state index in [2.05, 4.69) is 25.9 Å². The first kappa shape index (κ1) is 16.1. The smallest absolute Gasteiger partial charge is 0.213 e. The molecule has 23 heavy (non-hydrogen) atoms. The first-order valence-corrected chi connectivity index (χ1v) is 9.15. The van der Waals surface area contributed by atoms with Crippen LogP contribution in [0.3, 0.4) is 0 Å². The van der Waals surface area contributed by atoms with Crippen LogP contribution >= 0.6 is 11.8 Å². The summed E-state index contributed by atoms with van der Waals surface area (Å²) < 4.78 is 5.78. The van der Waals surface area contributed by atoms with Crippen molar-refractivity contribution in [3.05, 3.63) is 36.2 Å². The van der Waals surface area contributed by atoms with Crippen LogP contribution in [-0.2, 0) is 0 Å². The molecule has 2 aromatic rings. The molecule has 0 aliphatic carbocycles. The lowest BCUT2D eigenvalue weighted by atomic mass is 9.98. The fraction of sp³-hybridized carbons (Fsp3) is 0.471. The Balaban J connectivity index is 1.53. The van der Waals surface area contributed by atoms with E-state index in [0.717, 1.165) is 49.2 Å². The fourth-order valence-electron chi connectivity index (χ4n) is 2.74. The van der Waals surface area contributed by atoms with Crippen LogP contribution in [0.2, 0.25) is 0 Å². The molecule has 1 aliphatic heterocycles. The molecule has 0 aromatic carbocycles. The summed E-state index contributed by atoms with van der Waals surface area (Å²) in [5, 5.41) is 0.848. The zero-order valence-corrected chi connectivity index (χ0v) is 14.4. The van der Waals surface area contributed by atoms with Crippen molar-refractivity contribution in [1.29, 1.82) is 0 Å². The molecule has 6 heteroatoms. The molecule has 1 aliphatic rings. The number of pyridine rings is 1. The number of piperidine rings is 1. The Morgan fingerprint density at radius 1 is 1.26 bits per heavy atom. The first-order valence-electron chi connectivity index (χ1n) is 7.93. The predicted octanol–water partition coefficient (Wildman–Crippen LogP) is 3.20. The van der Waals surface area contributed by atoms with Gasteiger partial charge in [0.15, 0.2) is 5.16 Å². The Bertz CT molecular complexity index is 630. The molecule has 0 bridgehead atoms. The largest absolute Gasteiger partial charge is 0.477 e. The van der Waals surface area contributed by atoms with E-state index in [1.54, 1.807) is 18.0 Å². The molecular formula is C17H22N4OS. The Morgan fingerprint density at radius 2 is 2.09 bits per heavy atom. The number of anilines is 1. The van der Waals surface area contributed by atoms with Gasteiger partial charge in [-0.1, -0.05) is 17.8 Å². The number of thioether (sulfide) groups is 1. The van der Waals surface area contributed by atoms with Crippen molar-refractivity contribution >= 4 is 17.6 Å². The van der Waals surface area contributed by atoms with Crippen molar-refractivity contribution in [2.45, 2.75) is 24.9 Å². The quantitative estimate of drug-likeness (QED) is 0.620. The van der Waals surface area contributed by atoms with Crippen LogP contribution in [0.1, 0.15) is 18.5 Å². The Hall–Kier alpha value is -1.82. The van der Waals surface area contributed by atoms with Crippen molar-refractivity contribution in [2.24, 2.45) is 5.92 Å². The standard InChI is InChI=1S/C17H22N4OS/c1-13-11-15(20-17(19-13)23-2)21-9-6-14(7-10-21)12-22-16-5-3-4-8-18-16/h3-5,8,11,14H,6-7,9-10,12H2,1-2H3. The molecule has 1 saturated heterocycles. The minimum Gasteiger partial charge on any atom is -0.477 e. The van der Waals surface area contributed by atoms with Crippen molar-refractivity contribution in [1.82, 2.24) is 15.0 Å². The third kappa shape index (κ3) is 4.34.